The normalized spacial score (nSPS) is 13.9. The van der Waals surface area contributed by atoms with Crippen molar-refractivity contribution in [2.45, 2.75) is 37.9 Å². The molecule has 0 amide bonds. The van der Waals surface area contributed by atoms with Crippen LogP contribution in [0.5, 0.6) is 0 Å². The second kappa shape index (κ2) is 7.48. The van der Waals surface area contributed by atoms with Gasteiger partial charge >= 0.3 is 0 Å². The number of unbranched alkanes of at least 4 members (excludes halogenated alkanes) is 1. The molecule has 0 saturated carbocycles. The van der Waals surface area contributed by atoms with Gasteiger partial charge in [0.15, 0.2) is 0 Å². The fourth-order valence-electron chi connectivity index (χ4n) is 0.919. The second-order valence-electron chi connectivity index (χ2n) is 3.25. The lowest BCUT2D eigenvalue weighted by atomic mass is 10.1. The average molecular weight is 239 g/mol. The van der Waals surface area contributed by atoms with Gasteiger partial charge in [0.05, 0.1) is 0 Å². The van der Waals surface area contributed by atoms with Gasteiger partial charge in [-0.3, -0.25) is 0 Å². The summed E-state index contributed by atoms with van der Waals surface area (Å²) in [6.07, 6.45) is 6.25. The largest absolute Gasteiger partial charge is 0.165 e. The van der Waals surface area contributed by atoms with Gasteiger partial charge in [0.1, 0.15) is 0 Å². The summed E-state index contributed by atoms with van der Waals surface area (Å²) in [5.74, 6) is 2.10. The Hall–Kier alpha value is 0.830. The van der Waals surface area contributed by atoms with E-state index in [1.807, 2.05) is 11.8 Å². The van der Waals surface area contributed by atoms with Crippen LogP contribution in [0.4, 0.5) is 0 Å². The first-order chi connectivity index (χ1) is 5.18. The van der Waals surface area contributed by atoms with E-state index in [-0.39, 0.29) is 0 Å². The third kappa shape index (κ3) is 7.20. The molecular formula is C9H19BrS. The summed E-state index contributed by atoms with van der Waals surface area (Å²) in [7, 11) is 0. The maximum Gasteiger partial charge on any atom is 0.0168 e. The van der Waals surface area contributed by atoms with Gasteiger partial charge in [0.25, 0.3) is 0 Å². The quantitative estimate of drug-likeness (QED) is 0.499. The van der Waals surface area contributed by atoms with E-state index in [1.165, 1.54) is 25.0 Å². The number of alkyl halides is 1. The van der Waals surface area contributed by atoms with E-state index in [0.29, 0.717) is 0 Å². The van der Waals surface area contributed by atoms with E-state index in [2.05, 4.69) is 36.0 Å². The Morgan fingerprint density at radius 3 is 2.36 bits per heavy atom. The molecule has 0 aromatic carbocycles. The number of hydrogen-bond acceptors (Lipinski definition) is 1. The molecule has 1 atom stereocenters. The van der Waals surface area contributed by atoms with Gasteiger partial charge < -0.3 is 0 Å². The Morgan fingerprint density at radius 2 is 1.91 bits per heavy atom. The van der Waals surface area contributed by atoms with Crippen LogP contribution in [0.1, 0.15) is 33.1 Å². The molecule has 2 heteroatoms. The van der Waals surface area contributed by atoms with Crippen LogP contribution in [0.2, 0.25) is 0 Å². The fraction of sp³-hybridized carbons (Fsp3) is 1.00. The third-order valence-electron chi connectivity index (χ3n) is 1.80. The Bertz CT molecular complexity index is 83.6. The van der Waals surface area contributed by atoms with Crippen molar-refractivity contribution in [1.82, 2.24) is 0 Å². The van der Waals surface area contributed by atoms with Gasteiger partial charge in [0.2, 0.25) is 0 Å². The van der Waals surface area contributed by atoms with Crippen molar-refractivity contribution in [3.05, 3.63) is 0 Å². The molecule has 0 heterocycles. The number of hydrogen-bond donors (Lipinski definition) is 0. The Morgan fingerprint density at radius 1 is 1.27 bits per heavy atom. The van der Waals surface area contributed by atoms with Crippen molar-refractivity contribution in [2.75, 3.05) is 12.0 Å². The molecule has 0 rings (SSSR count). The molecule has 0 fully saturated rings. The van der Waals surface area contributed by atoms with E-state index in [0.717, 1.165) is 10.7 Å². The van der Waals surface area contributed by atoms with E-state index < -0.39 is 0 Å². The van der Waals surface area contributed by atoms with Gasteiger partial charge in [0, 0.05) is 4.83 Å². The van der Waals surface area contributed by atoms with Crippen LogP contribution in [0.25, 0.3) is 0 Å². The van der Waals surface area contributed by atoms with Crippen molar-refractivity contribution < 1.29 is 0 Å². The first-order valence-corrected chi connectivity index (χ1v) is 6.62. The van der Waals surface area contributed by atoms with Gasteiger partial charge in [-0.15, -0.1) is 0 Å². The highest BCUT2D eigenvalue weighted by Crippen LogP contribution is 2.18. The Kier molecular flexibility index (Phi) is 8.04. The smallest absolute Gasteiger partial charge is 0.0168 e. The predicted octanol–water partition coefficient (Wildman–Crippen LogP) is 3.94. The van der Waals surface area contributed by atoms with E-state index in [9.17, 15) is 0 Å². The van der Waals surface area contributed by atoms with E-state index in [4.69, 9.17) is 0 Å². The molecule has 11 heavy (non-hydrogen) atoms. The zero-order valence-electron chi connectivity index (χ0n) is 7.77. The summed E-state index contributed by atoms with van der Waals surface area (Å²) in [6, 6.07) is 0. The van der Waals surface area contributed by atoms with Gasteiger partial charge in [-0.1, -0.05) is 36.2 Å². The lowest BCUT2D eigenvalue weighted by Gasteiger charge is -2.12. The maximum atomic E-state index is 3.69. The molecule has 0 aliphatic rings. The summed E-state index contributed by atoms with van der Waals surface area (Å²) in [5.41, 5.74) is 0. The fourth-order valence-corrected chi connectivity index (χ4v) is 1.74. The predicted molar refractivity (Wildman–Crippen MR) is 59.8 cm³/mol. The van der Waals surface area contributed by atoms with Crippen molar-refractivity contribution >= 4 is 27.7 Å². The van der Waals surface area contributed by atoms with Crippen LogP contribution in [0, 0.1) is 5.92 Å². The first-order valence-electron chi connectivity index (χ1n) is 4.31. The molecule has 1 unspecified atom stereocenters. The Balaban J connectivity index is 3.10. The Labute approximate surface area is 83.6 Å². The summed E-state index contributed by atoms with van der Waals surface area (Å²) < 4.78 is 0. The van der Waals surface area contributed by atoms with Gasteiger partial charge in [-0.05, 0) is 30.8 Å². The molecule has 0 aromatic heterocycles. The third-order valence-corrected chi connectivity index (χ3v) is 4.01. The van der Waals surface area contributed by atoms with Crippen LogP contribution in [0.3, 0.4) is 0 Å². The van der Waals surface area contributed by atoms with Crippen LogP contribution in [-0.4, -0.2) is 16.8 Å². The summed E-state index contributed by atoms with van der Waals surface area (Å²) in [5, 5.41) is 0. The van der Waals surface area contributed by atoms with Crippen molar-refractivity contribution in [3.63, 3.8) is 0 Å². The zero-order valence-corrected chi connectivity index (χ0v) is 10.2. The molecule has 0 aliphatic carbocycles. The first kappa shape index (κ1) is 11.8. The number of thioether (sulfide) groups is 1. The molecule has 0 saturated heterocycles. The molecule has 0 aliphatic heterocycles. The molecule has 0 N–H and O–H groups in total. The van der Waals surface area contributed by atoms with Gasteiger partial charge in [-0.25, -0.2) is 0 Å². The van der Waals surface area contributed by atoms with Crippen molar-refractivity contribution in [2.24, 2.45) is 5.92 Å². The van der Waals surface area contributed by atoms with Crippen molar-refractivity contribution in [1.29, 1.82) is 0 Å². The molecule has 0 spiro atoms. The SMILES string of the molecule is CSCCCCC(Br)C(C)C. The number of halogens is 1. The molecule has 0 bridgehead atoms. The van der Waals surface area contributed by atoms with Crippen LogP contribution < -0.4 is 0 Å². The standard InChI is InChI=1S/C9H19BrS/c1-8(2)9(10)6-4-5-7-11-3/h8-9H,4-7H2,1-3H3. The maximum absolute atomic E-state index is 3.69. The highest BCUT2D eigenvalue weighted by Gasteiger charge is 2.07. The minimum Gasteiger partial charge on any atom is -0.165 e. The molecule has 0 nitrogen and oxygen atoms in total. The average Bonchev–Trinajstić information content (AvgIpc) is 1.97. The monoisotopic (exact) mass is 238 g/mol. The molecule has 0 aromatic rings. The second-order valence-corrected chi connectivity index (χ2v) is 5.41. The zero-order chi connectivity index (χ0) is 8.69. The van der Waals surface area contributed by atoms with Crippen LogP contribution in [-0.2, 0) is 0 Å². The van der Waals surface area contributed by atoms with Crippen LogP contribution >= 0.6 is 27.7 Å². The van der Waals surface area contributed by atoms with Crippen LogP contribution in [0.15, 0.2) is 0 Å². The lowest BCUT2D eigenvalue weighted by Crippen LogP contribution is -2.06. The molecule has 68 valence electrons. The minimum absolute atomic E-state index is 0.726. The number of rotatable bonds is 6. The van der Waals surface area contributed by atoms with Crippen molar-refractivity contribution in [3.8, 4) is 0 Å². The minimum atomic E-state index is 0.726. The highest BCUT2D eigenvalue weighted by atomic mass is 79.9. The van der Waals surface area contributed by atoms with E-state index >= 15 is 0 Å². The summed E-state index contributed by atoms with van der Waals surface area (Å²) in [6.45, 7) is 4.54. The highest BCUT2D eigenvalue weighted by molar-refractivity contribution is 9.09. The summed E-state index contributed by atoms with van der Waals surface area (Å²) in [4.78, 5) is 0.726. The van der Waals surface area contributed by atoms with E-state index in [1.54, 1.807) is 0 Å². The lowest BCUT2D eigenvalue weighted by molar-refractivity contribution is 0.560. The summed E-state index contributed by atoms with van der Waals surface area (Å²) >= 11 is 5.63. The molecule has 0 radical (unpaired) electrons. The topological polar surface area (TPSA) is 0 Å². The van der Waals surface area contributed by atoms with Gasteiger partial charge in [-0.2, -0.15) is 11.8 Å². The molecular weight excluding hydrogens is 220 g/mol.